The standard InChI is InChI=1S/C10H14O.C2H2/c1-8-3-4-9(11-8)7-10(2)5-6-10;1-2/h3-4H,5-7H2,1-2H3;1-2H. The van der Waals surface area contributed by atoms with Gasteiger partial charge in [0.2, 0.25) is 0 Å². The van der Waals surface area contributed by atoms with Crippen molar-refractivity contribution in [3.8, 4) is 12.8 Å². The SMILES string of the molecule is C#C.Cc1ccc(CC2(C)CC2)o1. The largest absolute Gasteiger partial charge is 0.466 e. The van der Waals surface area contributed by atoms with Crippen LogP contribution in [0.5, 0.6) is 0 Å². The van der Waals surface area contributed by atoms with Crippen LogP contribution in [0.3, 0.4) is 0 Å². The first-order chi connectivity index (χ1) is 6.18. The summed E-state index contributed by atoms with van der Waals surface area (Å²) in [6.07, 6.45) is 11.9. The molecule has 1 aliphatic carbocycles. The van der Waals surface area contributed by atoms with Gasteiger partial charge >= 0.3 is 0 Å². The topological polar surface area (TPSA) is 13.1 Å². The molecule has 1 aliphatic rings. The molecule has 1 heteroatoms. The highest BCUT2D eigenvalue weighted by Gasteiger charge is 2.37. The minimum absolute atomic E-state index is 0.574. The summed E-state index contributed by atoms with van der Waals surface area (Å²) in [5, 5.41) is 0. The molecule has 0 aliphatic heterocycles. The third-order valence-electron chi connectivity index (χ3n) is 2.50. The van der Waals surface area contributed by atoms with Crippen molar-refractivity contribution in [2.24, 2.45) is 5.41 Å². The molecule has 0 saturated heterocycles. The van der Waals surface area contributed by atoms with Crippen molar-refractivity contribution in [3.05, 3.63) is 23.7 Å². The van der Waals surface area contributed by atoms with Gasteiger partial charge in [0.25, 0.3) is 0 Å². The molecular formula is C12H16O. The summed E-state index contributed by atoms with van der Waals surface area (Å²) in [6.45, 7) is 4.32. The van der Waals surface area contributed by atoms with Gasteiger partial charge < -0.3 is 4.42 Å². The average molecular weight is 176 g/mol. The maximum atomic E-state index is 5.50. The van der Waals surface area contributed by atoms with E-state index in [4.69, 9.17) is 4.42 Å². The third kappa shape index (κ3) is 2.66. The van der Waals surface area contributed by atoms with Crippen molar-refractivity contribution in [3.63, 3.8) is 0 Å². The first-order valence-corrected chi connectivity index (χ1v) is 4.57. The van der Waals surface area contributed by atoms with Gasteiger partial charge in [-0.3, -0.25) is 0 Å². The summed E-state index contributed by atoms with van der Waals surface area (Å²) < 4.78 is 5.50. The van der Waals surface area contributed by atoms with Gasteiger partial charge in [0.05, 0.1) is 0 Å². The fraction of sp³-hybridized carbons (Fsp3) is 0.500. The Morgan fingerprint density at radius 1 is 1.38 bits per heavy atom. The molecule has 0 radical (unpaired) electrons. The average Bonchev–Trinajstić information content (AvgIpc) is 2.69. The van der Waals surface area contributed by atoms with Crippen LogP contribution in [0, 0.1) is 25.2 Å². The molecule has 0 atom stereocenters. The molecule has 1 saturated carbocycles. The molecule has 0 unspecified atom stereocenters. The molecule has 1 nitrogen and oxygen atoms in total. The van der Waals surface area contributed by atoms with Crippen molar-refractivity contribution < 1.29 is 4.42 Å². The zero-order valence-electron chi connectivity index (χ0n) is 8.34. The number of terminal acetylenes is 1. The molecule has 0 bridgehead atoms. The van der Waals surface area contributed by atoms with Crippen molar-refractivity contribution in [1.82, 2.24) is 0 Å². The maximum Gasteiger partial charge on any atom is 0.104 e. The van der Waals surface area contributed by atoms with Gasteiger partial charge in [-0.15, -0.1) is 12.8 Å². The van der Waals surface area contributed by atoms with Crippen LogP contribution in [0.1, 0.15) is 31.3 Å². The molecule has 0 aromatic carbocycles. The lowest BCUT2D eigenvalue weighted by molar-refractivity contribution is 0.432. The Balaban J connectivity index is 0.000000396. The van der Waals surface area contributed by atoms with Crippen LogP contribution in [0.4, 0.5) is 0 Å². The lowest BCUT2D eigenvalue weighted by Crippen LogP contribution is -1.96. The van der Waals surface area contributed by atoms with Crippen LogP contribution in [0.25, 0.3) is 0 Å². The number of furan rings is 1. The van der Waals surface area contributed by atoms with Gasteiger partial charge in [-0.25, -0.2) is 0 Å². The first kappa shape index (κ1) is 9.92. The molecule has 70 valence electrons. The van der Waals surface area contributed by atoms with Gasteiger partial charge in [-0.05, 0) is 37.3 Å². The number of aryl methyl sites for hydroxylation is 1. The normalized spacial score (nSPS) is 17.2. The van der Waals surface area contributed by atoms with E-state index in [0.717, 1.165) is 17.9 Å². The molecule has 0 spiro atoms. The van der Waals surface area contributed by atoms with Crippen LogP contribution >= 0.6 is 0 Å². The van der Waals surface area contributed by atoms with Crippen LogP contribution in [0.15, 0.2) is 16.5 Å². The summed E-state index contributed by atoms with van der Waals surface area (Å²) in [6, 6.07) is 4.14. The van der Waals surface area contributed by atoms with E-state index in [0.29, 0.717) is 5.41 Å². The predicted molar refractivity (Wildman–Crippen MR) is 54.4 cm³/mol. The summed E-state index contributed by atoms with van der Waals surface area (Å²) in [7, 11) is 0. The number of hydrogen-bond acceptors (Lipinski definition) is 1. The highest BCUT2D eigenvalue weighted by Crippen LogP contribution is 2.47. The zero-order valence-corrected chi connectivity index (χ0v) is 8.34. The summed E-state index contributed by atoms with van der Waals surface area (Å²) >= 11 is 0. The molecule has 1 aromatic heterocycles. The van der Waals surface area contributed by atoms with Crippen LogP contribution in [-0.2, 0) is 6.42 Å². The fourth-order valence-corrected chi connectivity index (χ4v) is 1.39. The smallest absolute Gasteiger partial charge is 0.104 e. The molecular weight excluding hydrogens is 160 g/mol. The van der Waals surface area contributed by atoms with E-state index < -0.39 is 0 Å². The van der Waals surface area contributed by atoms with Gasteiger partial charge in [-0.2, -0.15) is 0 Å². The van der Waals surface area contributed by atoms with Gasteiger partial charge in [0, 0.05) is 6.42 Å². The van der Waals surface area contributed by atoms with E-state index in [1.807, 2.05) is 13.0 Å². The second-order valence-electron chi connectivity index (χ2n) is 4.00. The van der Waals surface area contributed by atoms with E-state index in [2.05, 4.69) is 25.8 Å². The first-order valence-electron chi connectivity index (χ1n) is 4.57. The Labute approximate surface area is 80.1 Å². The van der Waals surface area contributed by atoms with Crippen LogP contribution in [-0.4, -0.2) is 0 Å². The van der Waals surface area contributed by atoms with Crippen molar-refractivity contribution >= 4 is 0 Å². The zero-order chi connectivity index (χ0) is 9.90. The molecule has 13 heavy (non-hydrogen) atoms. The van der Waals surface area contributed by atoms with E-state index in [1.165, 1.54) is 12.8 Å². The third-order valence-corrected chi connectivity index (χ3v) is 2.50. The molecule has 1 aromatic rings. The van der Waals surface area contributed by atoms with Crippen LogP contribution in [0.2, 0.25) is 0 Å². The van der Waals surface area contributed by atoms with E-state index in [1.54, 1.807) is 0 Å². The molecule has 2 rings (SSSR count). The molecule has 0 N–H and O–H groups in total. The molecule has 0 amide bonds. The van der Waals surface area contributed by atoms with Crippen LogP contribution < -0.4 is 0 Å². The monoisotopic (exact) mass is 176 g/mol. The van der Waals surface area contributed by atoms with E-state index in [9.17, 15) is 0 Å². The number of hydrogen-bond donors (Lipinski definition) is 0. The predicted octanol–water partition coefficient (Wildman–Crippen LogP) is 3.18. The highest BCUT2D eigenvalue weighted by molar-refractivity contribution is 5.09. The van der Waals surface area contributed by atoms with Gasteiger partial charge in [-0.1, -0.05) is 6.92 Å². The fourth-order valence-electron chi connectivity index (χ4n) is 1.39. The van der Waals surface area contributed by atoms with Gasteiger partial charge in [0.1, 0.15) is 11.5 Å². The second-order valence-corrected chi connectivity index (χ2v) is 4.00. The summed E-state index contributed by atoms with van der Waals surface area (Å²) in [5.74, 6) is 2.19. The Hall–Kier alpha value is -1.16. The lowest BCUT2D eigenvalue weighted by Gasteiger charge is -2.03. The Morgan fingerprint density at radius 2 is 2.00 bits per heavy atom. The summed E-state index contributed by atoms with van der Waals surface area (Å²) in [5.41, 5.74) is 0.574. The minimum atomic E-state index is 0.574. The Kier molecular flexibility index (Phi) is 2.83. The number of rotatable bonds is 2. The highest BCUT2D eigenvalue weighted by atomic mass is 16.3. The minimum Gasteiger partial charge on any atom is -0.466 e. The van der Waals surface area contributed by atoms with E-state index >= 15 is 0 Å². The summed E-state index contributed by atoms with van der Waals surface area (Å²) in [4.78, 5) is 0. The van der Waals surface area contributed by atoms with Crippen molar-refractivity contribution in [1.29, 1.82) is 0 Å². The molecule has 1 heterocycles. The quantitative estimate of drug-likeness (QED) is 0.631. The van der Waals surface area contributed by atoms with Crippen molar-refractivity contribution in [2.45, 2.75) is 33.1 Å². The van der Waals surface area contributed by atoms with Gasteiger partial charge in [0.15, 0.2) is 0 Å². The Morgan fingerprint density at radius 3 is 2.38 bits per heavy atom. The lowest BCUT2D eigenvalue weighted by atomic mass is 10.0. The maximum absolute atomic E-state index is 5.50. The Bertz CT molecular complexity index is 289. The molecule has 1 fully saturated rings. The van der Waals surface area contributed by atoms with Crippen molar-refractivity contribution in [2.75, 3.05) is 0 Å². The van der Waals surface area contributed by atoms with E-state index in [-0.39, 0.29) is 0 Å². The second kappa shape index (κ2) is 3.70.